The Balaban J connectivity index is 2.20. The summed E-state index contributed by atoms with van der Waals surface area (Å²) in [6.07, 6.45) is -14.4. The predicted octanol–water partition coefficient (Wildman–Crippen LogP) is 1.33. The summed E-state index contributed by atoms with van der Waals surface area (Å²) in [6, 6.07) is 0.691. The predicted molar refractivity (Wildman–Crippen MR) is 117 cm³/mol. The molecule has 0 spiro atoms. The topological polar surface area (TPSA) is 126 Å². The highest BCUT2D eigenvalue weighted by Gasteiger charge is 2.45. The van der Waals surface area contributed by atoms with Crippen LogP contribution in [0.3, 0.4) is 0 Å². The molecular formula is C23H34N2O7. The minimum Gasteiger partial charge on any atom is -0.491 e. The highest BCUT2D eigenvalue weighted by atomic mass is 16.7. The molecule has 9 nitrogen and oxygen atoms in total. The van der Waals surface area contributed by atoms with Gasteiger partial charge in [-0.3, -0.25) is 4.68 Å². The Bertz CT molecular complexity index is 1360. The zero-order valence-electron chi connectivity index (χ0n) is 31.9. The number of aromatic nitrogens is 2. The Hall–Kier alpha value is -2.17. The highest BCUT2D eigenvalue weighted by Crippen LogP contribution is 2.31. The third kappa shape index (κ3) is 5.24. The summed E-state index contributed by atoms with van der Waals surface area (Å²) in [4.78, 5) is 0. The van der Waals surface area contributed by atoms with Gasteiger partial charge in [0, 0.05) is 42.8 Å². The molecule has 1 aliphatic rings. The van der Waals surface area contributed by atoms with Gasteiger partial charge in [-0.25, -0.2) is 0 Å². The molecule has 9 heteroatoms. The maximum absolute atomic E-state index is 10.5. The Morgan fingerprint density at radius 3 is 2.50 bits per heavy atom. The van der Waals surface area contributed by atoms with Crippen molar-refractivity contribution in [2.24, 2.45) is 0 Å². The molecule has 178 valence electrons. The van der Waals surface area contributed by atoms with Crippen molar-refractivity contribution in [3.8, 4) is 11.6 Å². The Labute approximate surface area is 209 Å². The quantitative estimate of drug-likeness (QED) is 0.460. The van der Waals surface area contributed by atoms with Crippen molar-refractivity contribution in [1.82, 2.24) is 9.78 Å². The summed E-state index contributed by atoms with van der Waals surface area (Å²) in [5, 5.41) is 44.2. The Morgan fingerprint density at radius 2 is 1.88 bits per heavy atom. The minimum absolute atomic E-state index is 0.217. The van der Waals surface area contributed by atoms with Crippen molar-refractivity contribution < 1.29 is 55.2 Å². The van der Waals surface area contributed by atoms with Crippen molar-refractivity contribution >= 4 is 0 Å². The van der Waals surface area contributed by atoms with Crippen LogP contribution < -0.4 is 9.47 Å². The van der Waals surface area contributed by atoms with E-state index < -0.39 is 100 Å². The van der Waals surface area contributed by atoms with Gasteiger partial charge in [-0.05, 0) is 52.0 Å². The van der Waals surface area contributed by atoms with Gasteiger partial charge in [-0.2, -0.15) is 0 Å². The third-order valence-corrected chi connectivity index (χ3v) is 4.75. The summed E-state index contributed by atoms with van der Waals surface area (Å²) in [7, 11) is 0. The first-order chi connectivity index (χ1) is 21.1. The average Bonchev–Trinajstić information content (AvgIpc) is 3.25. The average molecular weight is 466 g/mol. The molecule has 0 unspecified atom stereocenters. The second-order valence-corrected chi connectivity index (χ2v) is 6.99. The SMILES string of the molecule is [2H]C([2H])(c1ccc(OC(C([2H])([2H])[2H])C([2H])([2H])[2H])cc1)c1c(O[C@@H]2O[C@H](CO)[C@@H](O)[C@H](O)[C@H]2O)nn(C([2H])(C([2H])([2H])[2H])C([2H])([2H])[2H])c1C. The van der Waals surface area contributed by atoms with Crippen LogP contribution in [-0.2, 0) is 11.1 Å². The molecule has 0 amide bonds. The van der Waals surface area contributed by atoms with E-state index in [0.717, 1.165) is 31.2 Å². The van der Waals surface area contributed by atoms with E-state index >= 15 is 0 Å². The maximum Gasteiger partial charge on any atom is 0.239 e. The van der Waals surface area contributed by atoms with E-state index in [4.69, 9.17) is 34.8 Å². The third-order valence-electron chi connectivity index (χ3n) is 4.75. The molecule has 1 aliphatic heterocycles. The first kappa shape index (κ1) is 11.3. The lowest BCUT2D eigenvalue weighted by molar-refractivity contribution is -0.278. The molecule has 1 saturated heterocycles. The van der Waals surface area contributed by atoms with Crippen molar-refractivity contribution in [1.29, 1.82) is 0 Å². The fourth-order valence-corrected chi connectivity index (χ4v) is 3.09. The number of ether oxygens (including phenoxy) is 3. The Kier molecular flexibility index (Phi) is 3.60. The van der Waals surface area contributed by atoms with Gasteiger partial charge in [0.2, 0.25) is 12.2 Å². The van der Waals surface area contributed by atoms with Gasteiger partial charge in [-0.15, -0.1) is 5.10 Å². The molecular weight excluding hydrogens is 416 g/mol. The smallest absolute Gasteiger partial charge is 0.239 e. The van der Waals surface area contributed by atoms with Crippen LogP contribution in [0.15, 0.2) is 24.3 Å². The van der Waals surface area contributed by atoms with Crippen LogP contribution in [0, 0.1) is 6.92 Å². The van der Waals surface area contributed by atoms with E-state index in [1.807, 2.05) is 0 Å². The number of hydrogen-bond acceptors (Lipinski definition) is 8. The summed E-state index contributed by atoms with van der Waals surface area (Å²) >= 11 is 0. The van der Waals surface area contributed by atoms with Crippen LogP contribution >= 0.6 is 0 Å². The number of benzene rings is 1. The molecule has 4 N–H and O–H groups in total. The maximum atomic E-state index is 10.5. The summed E-state index contributed by atoms with van der Waals surface area (Å²) < 4.78 is 135. The first-order valence-corrected chi connectivity index (χ1v) is 9.45. The molecule has 3 rings (SSSR count). The molecule has 1 aromatic heterocycles. The van der Waals surface area contributed by atoms with Gasteiger partial charge >= 0.3 is 0 Å². The van der Waals surface area contributed by atoms with E-state index in [1.165, 1.54) is 0 Å². The summed E-state index contributed by atoms with van der Waals surface area (Å²) in [5.74, 6) is -1.17. The second kappa shape index (κ2) is 10.2. The van der Waals surface area contributed by atoms with Crippen LogP contribution in [-0.4, -0.2) is 73.6 Å². The Morgan fingerprint density at radius 1 is 1.16 bits per heavy atom. The molecule has 32 heavy (non-hydrogen) atoms. The van der Waals surface area contributed by atoms with Crippen LogP contribution in [0.5, 0.6) is 11.6 Å². The molecule has 0 bridgehead atoms. The monoisotopic (exact) mass is 465 g/mol. The van der Waals surface area contributed by atoms with Crippen LogP contribution in [0.4, 0.5) is 0 Å². The van der Waals surface area contributed by atoms with Gasteiger partial charge in [-0.1, -0.05) is 12.1 Å². The lowest BCUT2D eigenvalue weighted by atomic mass is 9.99. The second-order valence-electron chi connectivity index (χ2n) is 6.99. The number of nitrogens with zero attached hydrogens (tertiary/aromatic N) is 2. The van der Waals surface area contributed by atoms with Gasteiger partial charge in [0.1, 0.15) is 30.2 Å². The molecule has 1 aromatic carbocycles. The molecule has 5 atom stereocenters. The van der Waals surface area contributed by atoms with Crippen LogP contribution in [0.2, 0.25) is 0 Å². The van der Waals surface area contributed by atoms with E-state index in [9.17, 15) is 20.4 Å². The number of aliphatic hydroxyl groups excluding tert-OH is 4. The van der Waals surface area contributed by atoms with Crippen molar-refractivity contribution in [2.75, 3.05) is 6.61 Å². The molecule has 2 heterocycles. The summed E-state index contributed by atoms with van der Waals surface area (Å²) in [5.41, 5.74) is -1.50. The van der Waals surface area contributed by atoms with Crippen molar-refractivity contribution in [2.45, 2.75) is 83.5 Å². The molecule has 0 aliphatic carbocycles. The molecule has 2 aromatic rings. The summed E-state index contributed by atoms with van der Waals surface area (Å²) in [6.45, 7) is -13.1. The lowest BCUT2D eigenvalue weighted by Crippen LogP contribution is -2.60. The zero-order valence-corrected chi connectivity index (χ0v) is 16.9. The van der Waals surface area contributed by atoms with Gasteiger partial charge < -0.3 is 34.6 Å². The number of hydrogen-bond donors (Lipinski definition) is 4. The van der Waals surface area contributed by atoms with Crippen molar-refractivity contribution in [3.63, 3.8) is 0 Å². The van der Waals surface area contributed by atoms with E-state index in [-0.39, 0.29) is 16.0 Å². The minimum atomic E-state index is -3.60. The molecule has 1 fully saturated rings. The van der Waals surface area contributed by atoms with Crippen LogP contribution in [0.1, 0.15) is 70.8 Å². The fourth-order valence-electron chi connectivity index (χ4n) is 3.09. The van der Waals surface area contributed by atoms with Crippen LogP contribution in [0.25, 0.3) is 0 Å². The largest absolute Gasteiger partial charge is 0.491 e. The van der Waals surface area contributed by atoms with E-state index in [0.29, 0.717) is 0 Å². The first-order valence-electron chi connectivity index (χ1n) is 17.0. The molecule has 0 saturated carbocycles. The van der Waals surface area contributed by atoms with Crippen molar-refractivity contribution in [3.05, 3.63) is 41.1 Å². The molecule has 0 radical (unpaired) electrons. The van der Waals surface area contributed by atoms with Gasteiger partial charge in [0.15, 0.2) is 0 Å². The standard InChI is InChI=1S/C23H34N2O7/c1-12(2)25-14(5)17(10-15-6-8-16(9-7-15)30-13(3)4)22(24-25)32-23-21(29)20(28)19(27)18(11-26)31-23/h6-9,12-13,18-21,23,26-29H,10-11H2,1-5H3/t18-,19-,20+,21-,23+/m1/s1/i1D3,2D3,3D3,4D3,10D2,12D. The van der Waals surface area contributed by atoms with Gasteiger partial charge in [0.25, 0.3) is 0 Å². The number of aliphatic hydroxyl groups is 4. The normalized spacial score (nSPS) is 35.3. The highest BCUT2D eigenvalue weighted by molar-refractivity contribution is 5.38. The number of rotatable bonds is 8. The van der Waals surface area contributed by atoms with E-state index in [1.54, 1.807) is 0 Å². The van der Waals surface area contributed by atoms with Gasteiger partial charge in [0.05, 0.1) is 14.1 Å². The fraction of sp³-hybridized carbons (Fsp3) is 0.609. The zero-order chi connectivity index (χ0) is 36.3. The van der Waals surface area contributed by atoms with E-state index in [2.05, 4.69) is 5.10 Å². The lowest BCUT2D eigenvalue weighted by Gasteiger charge is -2.39.